The zero-order chi connectivity index (χ0) is 25.5. The smallest absolute Gasteiger partial charge is 0.329 e. The first-order valence-corrected chi connectivity index (χ1v) is 11.5. The van der Waals surface area contributed by atoms with Crippen molar-refractivity contribution in [3.8, 4) is 35.2 Å². The van der Waals surface area contributed by atoms with Crippen LogP contribution in [0.4, 0.5) is 5.69 Å². The summed E-state index contributed by atoms with van der Waals surface area (Å²) in [6.45, 7) is 4.59. The van der Waals surface area contributed by atoms with E-state index in [2.05, 4.69) is 16.2 Å². The molecule has 1 unspecified atom stereocenters. The molecule has 2 aromatic carbocycles. The van der Waals surface area contributed by atoms with Crippen LogP contribution >= 0.6 is 11.6 Å². The van der Waals surface area contributed by atoms with Crippen LogP contribution in [0, 0.1) is 18.3 Å². The van der Waals surface area contributed by atoms with Gasteiger partial charge in [-0.05, 0) is 48.4 Å². The average molecular weight is 498 g/mol. The number of carbonyl (C=O) groups is 1. The van der Waals surface area contributed by atoms with Crippen LogP contribution in [0.5, 0.6) is 11.6 Å². The molecule has 0 aliphatic heterocycles. The lowest BCUT2D eigenvalue weighted by atomic mass is 9.97. The fourth-order valence-corrected chi connectivity index (χ4v) is 3.85. The Morgan fingerprint density at radius 3 is 2.57 bits per heavy atom. The molecule has 1 heterocycles. The van der Waals surface area contributed by atoms with Crippen LogP contribution in [0.25, 0.3) is 11.3 Å². The van der Waals surface area contributed by atoms with Crippen molar-refractivity contribution < 1.29 is 19.4 Å². The molecule has 3 rings (SSSR count). The van der Waals surface area contributed by atoms with Gasteiger partial charge in [-0.25, -0.2) is 9.36 Å². The molecule has 0 spiro atoms. The number of ether oxygens (including phenoxy) is 2. The van der Waals surface area contributed by atoms with Gasteiger partial charge < -0.3 is 24.9 Å². The van der Waals surface area contributed by atoms with Crippen molar-refractivity contribution in [1.82, 2.24) is 9.55 Å². The van der Waals surface area contributed by atoms with E-state index in [1.807, 2.05) is 13.8 Å². The van der Waals surface area contributed by atoms with E-state index in [4.69, 9.17) is 27.5 Å². The van der Waals surface area contributed by atoms with Gasteiger partial charge in [0.1, 0.15) is 24.1 Å². The van der Waals surface area contributed by atoms with E-state index >= 15 is 0 Å². The first kappa shape index (κ1) is 25.9. The van der Waals surface area contributed by atoms with Crippen molar-refractivity contribution in [1.29, 1.82) is 0 Å². The maximum absolute atomic E-state index is 13.3. The molecule has 0 aliphatic carbocycles. The van der Waals surface area contributed by atoms with Gasteiger partial charge in [0.15, 0.2) is 0 Å². The minimum absolute atomic E-state index is 0.205. The summed E-state index contributed by atoms with van der Waals surface area (Å²) in [6.07, 6.45) is 5.98. The van der Waals surface area contributed by atoms with Gasteiger partial charge in [-0.2, -0.15) is 0 Å². The third-order valence-electron chi connectivity index (χ3n) is 5.73. The molecule has 8 nitrogen and oxygen atoms in total. The number of anilines is 1. The van der Waals surface area contributed by atoms with Crippen LogP contribution in [-0.4, -0.2) is 40.9 Å². The Labute approximate surface area is 208 Å². The quantitative estimate of drug-likeness (QED) is 0.284. The molecule has 0 saturated heterocycles. The molecule has 3 N–H and O–H groups in total. The highest BCUT2D eigenvalue weighted by atomic mass is 35.5. The number of aromatic amines is 1. The number of amides is 1. The lowest BCUT2D eigenvalue weighted by Gasteiger charge is -2.24. The topological polar surface area (TPSA) is 106 Å². The highest BCUT2D eigenvalue weighted by Crippen LogP contribution is 2.33. The third kappa shape index (κ3) is 5.88. The van der Waals surface area contributed by atoms with Crippen molar-refractivity contribution in [3.05, 3.63) is 63.5 Å². The number of rotatable bonds is 10. The number of benzene rings is 2. The van der Waals surface area contributed by atoms with E-state index in [1.54, 1.807) is 49.6 Å². The Hall–Kier alpha value is -3.67. The van der Waals surface area contributed by atoms with Crippen LogP contribution in [-0.2, 0) is 9.53 Å². The number of H-pyrrole nitrogens is 1. The first-order chi connectivity index (χ1) is 16.8. The summed E-state index contributed by atoms with van der Waals surface area (Å²) in [5.41, 5.74) is 1.10. The standard InChI is InChI=1S/C26H28ClN3O5/c1-5-16(3)23(24(31)28-21-12-7-17(6-2)15-20(21)27)30-25(32)22(29-26(30)33)18-8-10-19(11-9-18)35-14-13-34-4/h2,7-12,15-16,23,32H,5,13-14H2,1,3-4H3,(H,28,31)(H,29,33)/t16?,23-/m0/s1. The second kappa shape index (κ2) is 11.6. The molecule has 2 atom stereocenters. The van der Waals surface area contributed by atoms with Crippen LogP contribution < -0.4 is 15.7 Å². The molecular weight excluding hydrogens is 470 g/mol. The summed E-state index contributed by atoms with van der Waals surface area (Å²) < 4.78 is 11.6. The van der Waals surface area contributed by atoms with Crippen molar-refractivity contribution in [2.45, 2.75) is 26.3 Å². The number of aromatic hydroxyl groups is 1. The Morgan fingerprint density at radius 1 is 1.26 bits per heavy atom. The number of nitrogens with zero attached hydrogens (tertiary/aromatic N) is 1. The fraction of sp³-hybridized carbons (Fsp3) is 0.308. The molecule has 3 aromatic rings. The molecule has 1 amide bonds. The Bertz CT molecular complexity index is 1270. The van der Waals surface area contributed by atoms with E-state index in [0.717, 1.165) is 4.57 Å². The van der Waals surface area contributed by atoms with E-state index in [0.29, 0.717) is 42.2 Å². The zero-order valence-electron chi connectivity index (χ0n) is 19.8. The highest BCUT2D eigenvalue weighted by molar-refractivity contribution is 6.33. The van der Waals surface area contributed by atoms with Crippen molar-refractivity contribution in [3.63, 3.8) is 0 Å². The molecule has 0 radical (unpaired) electrons. The first-order valence-electron chi connectivity index (χ1n) is 11.1. The molecule has 0 aliphatic rings. The van der Waals surface area contributed by atoms with Gasteiger partial charge in [0.2, 0.25) is 11.8 Å². The van der Waals surface area contributed by atoms with E-state index < -0.39 is 17.6 Å². The Morgan fingerprint density at radius 2 is 1.97 bits per heavy atom. The van der Waals surface area contributed by atoms with Crippen LogP contribution in [0.1, 0.15) is 31.9 Å². The Kier molecular flexibility index (Phi) is 8.63. The van der Waals surface area contributed by atoms with Gasteiger partial charge in [-0.3, -0.25) is 4.79 Å². The van der Waals surface area contributed by atoms with E-state index in [-0.39, 0.29) is 22.5 Å². The summed E-state index contributed by atoms with van der Waals surface area (Å²) in [5.74, 6) is 2.00. The molecule has 0 bridgehead atoms. The van der Waals surface area contributed by atoms with Gasteiger partial charge in [0.25, 0.3) is 0 Å². The summed E-state index contributed by atoms with van der Waals surface area (Å²) in [7, 11) is 1.59. The van der Waals surface area contributed by atoms with Crippen LogP contribution in [0.2, 0.25) is 5.02 Å². The van der Waals surface area contributed by atoms with Crippen molar-refractivity contribution >= 4 is 23.2 Å². The number of imidazole rings is 1. The molecule has 0 fully saturated rings. The number of terminal acetylenes is 1. The highest BCUT2D eigenvalue weighted by Gasteiger charge is 2.32. The third-order valence-corrected chi connectivity index (χ3v) is 6.04. The average Bonchev–Trinajstić information content (AvgIpc) is 3.14. The number of carbonyl (C=O) groups excluding carboxylic acids is 1. The number of halogens is 1. The van der Waals surface area contributed by atoms with Gasteiger partial charge in [0.05, 0.1) is 17.3 Å². The maximum atomic E-state index is 13.3. The number of hydrogen-bond donors (Lipinski definition) is 3. The molecule has 1 aromatic heterocycles. The van der Waals surface area contributed by atoms with Gasteiger partial charge in [-0.15, -0.1) is 6.42 Å². The van der Waals surface area contributed by atoms with Crippen LogP contribution in [0.15, 0.2) is 47.3 Å². The number of hydrogen-bond acceptors (Lipinski definition) is 5. The second-order valence-electron chi connectivity index (χ2n) is 8.02. The lowest BCUT2D eigenvalue weighted by Crippen LogP contribution is -2.36. The molecular formula is C26H28ClN3O5. The van der Waals surface area contributed by atoms with E-state index in [1.165, 1.54) is 0 Å². The molecule has 9 heteroatoms. The summed E-state index contributed by atoms with van der Waals surface area (Å²) in [6, 6.07) is 10.7. The maximum Gasteiger partial charge on any atom is 0.329 e. The minimum atomic E-state index is -0.988. The molecule has 0 saturated carbocycles. The number of methoxy groups -OCH3 is 1. The molecule has 35 heavy (non-hydrogen) atoms. The predicted molar refractivity (Wildman–Crippen MR) is 136 cm³/mol. The van der Waals surface area contributed by atoms with Gasteiger partial charge >= 0.3 is 5.69 Å². The predicted octanol–water partition coefficient (Wildman–Crippen LogP) is 4.43. The minimum Gasteiger partial charge on any atom is -0.493 e. The second-order valence-corrected chi connectivity index (χ2v) is 8.43. The lowest BCUT2D eigenvalue weighted by molar-refractivity contribution is -0.120. The Balaban J connectivity index is 1.92. The van der Waals surface area contributed by atoms with Crippen molar-refractivity contribution in [2.75, 3.05) is 25.6 Å². The SMILES string of the molecule is C#Cc1ccc(NC(=O)[C@H](C(C)CC)n2c(O)c(-c3ccc(OCCOC)cc3)[nH]c2=O)c(Cl)c1. The fourth-order valence-electron chi connectivity index (χ4n) is 3.63. The van der Waals surface area contributed by atoms with E-state index in [9.17, 15) is 14.7 Å². The summed E-state index contributed by atoms with van der Waals surface area (Å²) >= 11 is 6.26. The molecule has 184 valence electrons. The number of nitrogens with one attached hydrogen (secondary N) is 2. The summed E-state index contributed by atoms with van der Waals surface area (Å²) in [5, 5.41) is 14.0. The van der Waals surface area contributed by atoms with Gasteiger partial charge in [-0.1, -0.05) is 37.8 Å². The largest absolute Gasteiger partial charge is 0.493 e. The zero-order valence-corrected chi connectivity index (χ0v) is 20.6. The number of aromatic nitrogens is 2. The van der Waals surface area contributed by atoms with Crippen LogP contribution in [0.3, 0.4) is 0 Å². The normalized spacial score (nSPS) is 12.5. The monoisotopic (exact) mass is 497 g/mol. The van der Waals surface area contributed by atoms with Gasteiger partial charge in [0, 0.05) is 18.2 Å². The summed E-state index contributed by atoms with van der Waals surface area (Å²) in [4.78, 5) is 28.9. The van der Waals surface area contributed by atoms with Crippen molar-refractivity contribution in [2.24, 2.45) is 5.92 Å².